The second-order valence-corrected chi connectivity index (χ2v) is 5.30. The predicted octanol–water partition coefficient (Wildman–Crippen LogP) is 4.63. The number of aliphatic hydroxyl groups excluding tert-OH is 1. The highest BCUT2D eigenvalue weighted by atomic mass is 16.4. The van der Waals surface area contributed by atoms with Crippen molar-refractivity contribution in [2.75, 3.05) is 0 Å². The topological polar surface area (TPSA) is 57.5 Å². The van der Waals surface area contributed by atoms with E-state index >= 15 is 0 Å². The van der Waals surface area contributed by atoms with Gasteiger partial charge in [-0.3, -0.25) is 4.79 Å². The van der Waals surface area contributed by atoms with Crippen molar-refractivity contribution in [1.82, 2.24) is 0 Å². The number of aliphatic carboxylic acids is 1. The molecule has 2 N–H and O–H groups in total. The van der Waals surface area contributed by atoms with Gasteiger partial charge in [-0.05, 0) is 38.5 Å². The standard InChI is InChI=1S/C18H30O3/c1-2-3-4-5-6-7-8-11-14-17(19)15-12-9-10-13-16-18(20)21/h2,7-8,11,14,17,19H,1,3-6,9-10,12-13,15-16H2,(H,20,21). The summed E-state index contributed by atoms with van der Waals surface area (Å²) < 4.78 is 0. The van der Waals surface area contributed by atoms with Crippen LogP contribution in [0.4, 0.5) is 0 Å². The van der Waals surface area contributed by atoms with Crippen LogP contribution >= 0.6 is 0 Å². The SMILES string of the molecule is C=CCCCCC=CC=CC(O)CCCCCCC(=O)O. The highest BCUT2D eigenvalue weighted by Gasteiger charge is 1.99. The van der Waals surface area contributed by atoms with Gasteiger partial charge in [-0.25, -0.2) is 0 Å². The van der Waals surface area contributed by atoms with E-state index in [2.05, 4.69) is 12.7 Å². The molecule has 0 aliphatic heterocycles. The Balaban J connectivity index is 3.44. The van der Waals surface area contributed by atoms with E-state index in [9.17, 15) is 9.90 Å². The number of carboxylic acid groups (broad SMARTS) is 1. The summed E-state index contributed by atoms with van der Waals surface area (Å²) >= 11 is 0. The highest BCUT2D eigenvalue weighted by Crippen LogP contribution is 2.08. The average Bonchev–Trinajstić information content (AvgIpc) is 2.45. The summed E-state index contributed by atoms with van der Waals surface area (Å²) in [7, 11) is 0. The minimum absolute atomic E-state index is 0.250. The summed E-state index contributed by atoms with van der Waals surface area (Å²) in [6.07, 6.45) is 18.5. The normalized spacial score (nSPS) is 13.0. The van der Waals surface area contributed by atoms with Crippen LogP contribution in [0.1, 0.15) is 64.2 Å². The van der Waals surface area contributed by atoms with Crippen molar-refractivity contribution < 1.29 is 15.0 Å². The molecule has 0 aliphatic rings. The molecule has 120 valence electrons. The third-order valence-corrected chi connectivity index (χ3v) is 3.25. The number of rotatable bonds is 14. The van der Waals surface area contributed by atoms with Gasteiger partial charge in [0.1, 0.15) is 0 Å². The minimum Gasteiger partial charge on any atom is -0.481 e. The van der Waals surface area contributed by atoms with Gasteiger partial charge in [-0.1, -0.05) is 49.6 Å². The molecule has 3 heteroatoms. The molecular formula is C18H30O3. The maximum Gasteiger partial charge on any atom is 0.303 e. The smallest absolute Gasteiger partial charge is 0.303 e. The lowest BCUT2D eigenvalue weighted by molar-refractivity contribution is -0.137. The zero-order chi connectivity index (χ0) is 15.8. The first-order valence-corrected chi connectivity index (χ1v) is 8.01. The molecule has 0 fully saturated rings. The number of aliphatic hydroxyl groups is 1. The second kappa shape index (κ2) is 15.0. The summed E-state index contributed by atoms with van der Waals surface area (Å²) in [5, 5.41) is 18.2. The van der Waals surface area contributed by atoms with Crippen LogP contribution in [0.2, 0.25) is 0 Å². The van der Waals surface area contributed by atoms with Gasteiger partial charge in [0.05, 0.1) is 6.10 Å². The van der Waals surface area contributed by atoms with Gasteiger partial charge >= 0.3 is 5.97 Å². The third kappa shape index (κ3) is 16.6. The molecule has 0 aromatic rings. The lowest BCUT2D eigenvalue weighted by Crippen LogP contribution is -2.01. The van der Waals surface area contributed by atoms with E-state index in [1.807, 2.05) is 24.3 Å². The summed E-state index contributed by atoms with van der Waals surface area (Å²) in [6, 6.07) is 0. The van der Waals surface area contributed by atoms with E-state index in [4.69, 9.17) is 5.11 Å². The van der Waals surface area contributed by atoms with Crippen LogP contribution in [0.25, 0.3) is 0 Å². The van der Waals surface area contributed by atoms with Crippen LogP contribution in [0.15, 0.2) is 37.0 Å². The molecule has 1 atom stereocenters. The van der Waals surface area contributed by atoms with Crippen molar-refractivity contribution in [3.05, 3.63) is 37.0 Å². The van der Waals surface area contributed by atoms with Gasteiger partial charge in [0.25, 0.3) is 0 Å². The van der Waals surface area contributed by atoms with Crippen molar-refractivity contribution >= 4 is 5.97 Å². The fraction of sp³-hybridized carbons (Fsp3) is 0.611. The maximum atomic E-state index is 10.3. The van der Waals surface area contributed by atoms with Crippen molar-refractivity contribution in [1.29, 1.82) is 0 Å². The molecular weight excluding hydrogens is 264 g/mol. The van der Waals surface area contributed by atoms with Crippen LogP contribution in [0, 0.1) is 0 Å². The Bertz CT molecular complexity index is 318. The number of allylic oxidation sites excluding steroid dienone is 4. The largest absolute Gasteiger partial charge is 0.481 e. The van der Waals surface area contributed by atoms with Crippen molar-refractivity contribution in [2.45, 2.75) is 70.3 Å². The molecule has 0 aromatic carbocycles. The Morgan fingerprint density at radius 2 is 1.71 bits per heavy atom. The molecule has 0 saturated heterocycles. The molecule has 21 heavy (non-hydrogen) atoms. The molecule has 0 radical (unpaired) electrons. The Morgan fingerprint density at radius 1 is 1.00 bits per heavy atom. The van der Waals surface area contributed by atoms with E-state index in [0.717, 1.165) is 44.9 Å². The van der Waals surface area contributed by atoms with Gasteiger partial charge in [0.2, 0.25) is 0 Å². The first-order chi connectivity index (χ1) is 10.2. The summed E-state index contributed by atoms with van der Waals surface area (Å²) in [4.78, 5) is 10.3. The van der Waals surface area contributed by atoms with Crippen LogP contribution in [0.5, 0.6) is 0 Å². The molecule has 0 rings (SSSR count). The van der Waals surface area contributed by atoms with Gasteiger partial charge in [-0.15, -0.1) is 6.58 Å². The van der Waals surface area contributed by atoms with Crippen LogP contribution in [0.3, 0.4) is 0 Å². The van der Waals surface area contributed by atoms with Gasteiger partial charge < -0.3 is 10.2 Å². The molecule has 0 amide bonds. The Labute approximate surface area is 129 Å². The van der Waals surface area contributed by atoms with Crippen molar-refractivity contribution in [3.8, 4) is 0 Å². The van der Waals surface area contributed by atoms with Crippen molar-refractivity contribution in [2.24, 2.45) is 0 Å². The Morgan fingerprint density at radius 3 is 2.43 bits per heavy atom. The maximum absolute atomic E-state index is 10.3. The number of carbonyl (C=O) groups is 1. The molecule has 0 bridgehead atoms. The van der Waals surface area contributed by atoms with Crippen LogP contribution in [-0.4, -0.2) is 22.3 Å². The molecule has 1 unspecified atom stereocenters. The zero-order valence-corrected chi connectivity index (χ0v) is 13.0. The van der Waals surface area contributed by atoms with E-state index in [1.165, 1.54) is 12.8 Å². The summed E-state index contributed by atoms with van der Waals surface area (Å²) in [5.74, 6) is -0.728. The van der Waals surface area contributed by atoms with Crippen LogP contribution in [-0.2, 0) is 4.79 Å². The molecule has 0 aliphatic carbocycles. The van der Waals surface area contributed by atoms with E-state index < -0.39 is 12.1 Å². The fourth-order valence-corrected chi connectivity index (χ4v) is 2.00. The van der Waals surface area contributed by atoms with Crippen LogP contribution < -0.4 is 0 Å². The number of carboxylic acids is 1. The van der Waals surface area contributed by atoms with Gasteiger partial charge in [0, 0.05) is 6.42 Å². The third-order valence-electron chi connectivity index (χ3n) is 3.25. The summed E-state index contributed by atoms with van der Waals surface area (Å²) in [6.45, 7) is 3.69. The molecule has 0 spiro atoms. The first-order valence-electron chi connectivity index (χ1n) is 8.01. The van der Waals surface area contributed by atoms with E-state index in [0.29, 0.717) is 0 Å². The Kier molecular flexibility index (Phi) is 14.1. The van der Waals surface area contributed by atoms with E-state index in [-0.39, 0.29) is 6.42 Å². The number of hydrogen-bond acceptors (Lipinski definition) is 2. The predicted molar refractivity (Wildman–Crippen MR) is 88.3 cm³/mol. The molecule has 3 nitrogen and oxygen atoms in total. The molecule has 0 aromatic heterocycles. The lowest BCUT2D eigenvalue weighted by Gasteiger charge is -2.04. The van der Waals surface area contributed by atoms with E-state index in [1.54, 1.807) is 0 Å². The van der Waals surface area contributed by atoms with Gasteiger partial charge in [0.15, 0.2) is 0 Å². The average molecular weight is 294 g/mol. The first kappa shape index (κ1) is 19.7. The monoisotopic (exact) mass is 294 g/mol. The minimum atomic E-state index is -0.728. The number of hydrogen-bond donors (Lipinski definition) is 2. The quantitative estimate of drug-likeness (QED) is 0.279. The Hall–Kier alpha value is -1.35. The molecule has 0 heterocycles. The zero-order valence-electron chi connectivity index (χ0n) is 13.0. The lowest BCUT2D eigenvalue weighted by atomic mass is 10.1. The molecule has 0 saturated carbocycles. The number of unbranched alkanes of at least 4 members (excludes halogenated alkanes) is 6. The highest BCUT2D eigenvalue weighted by molar-refractivity contribution is 5.66. The van der Waals surface area contributed by atoms with Gasteiger partial charge in [-0.2, -0.15) is 0 Å². The van der Waals surface area contributed by atoms with Crippen molar-refractivity contribution in [3.63, 3.8) is 0 Å². The fourth-order valence-electron chi connectivity index (χ4n) is 2.00. The summed E-state index contributed by atoms with van der Waals surface area (Å²) in [5.41, 5.74) is 0. The second-order valence-electron chi connectivity index (χ2n) is 5.30.